The normalized spacial score (nSPS) is 20.8. The van der Waals surface area contributed by atoms with Crippen LogP contribution in [0.5, 0.6) is 0 Å². The Morgan fingerprint density at radius 2 is 2.05 bits per heavy atom. The summed E-state index contributed by atoms with van der Waals surface area (Å²) >= 11 is 0. The molecule has 0 amide bonds. The monoisotopic (exact) mass is 299 g/mol. The molecule has 2 aromatic rings. The minimum absolute atomic E-state index is 0.0476. The molecule has 0 saturated heterocycles. The molecule has 3 rings (SSSR count). The van der Waals surface area contributed by atoms with E-state index in [0.717, 1.165) is 29.3 Å². The van der Waals surface area contributed by atoms with E-state index in [1.165, 1.54) is 0 Å². The number of carboxylic acid groups (broad SMARTS) is 1. The molecule has 116 valence electrons. The Morgan fingerprint density at radius 1 is 1.36 bits per heavy atom. The number of carboxylic acids is 1. The first-order chi connectivity index (χ1) is 10.5. The number of anilines is 1. The Balaban J connectivity index is 2.17. The maximum absolute atomic E-state index is 11.6. The Morgan fingerprint density at radius 3 is 2.64 bits per heavy atom. The number of benzene rings is 1. The van der Waals surface area contributed by atoms with E-state index in [9.17, 15) is 9.90 Å². The lowest BCUT2D eigenvalue weighted by Crippen LogP contribution is -2.47. The molecule has 2 unspecified atom stereocenters. The van der Waals surface area contributed by atoms with Crippen LogP contribution in [0.1, 0.15) is 25.1 Å². The van der Waals surface area contributed by atoms with Gasteiger partial charge in [0.15, 0.2) is 0 Å². The number of aromatic nitrogens is 2. The third-order valence-electron chi connectivity index (χ3n) is 4.59. The maximum Gasteiger partial charge on any atom is 0.308 e. The van der Waals surface area contributed by atoms with E-state index in [4.69, 9.17) is 0 Å². The topological polar surface area (TPSA) is 58.4 Å². The molecule has 1 N–H and O–H groups in total. The lowest BCUT2D eigenvalue weighted by Gasteiger charge is -2.38. The zero-order valence-corrected chi connectivity index (χ0v) is 13.2. The fraction of sp³-hybridized carbons (Fsp3) is 0.412. The fourth-order valence-corrected chi connectivity index (χ4v) is 3.36. The highest BCUT2D eigenvalue weighted by molar-refractivity contribution is 5.75. The molecule has 1 aromatic carbocycles. The van der Waals surface area contributed by atoms with Crippen LogP contribution in [-0.2, 0) is 11.2 Å². The highest BCUT2D eigenvalue weighted by Gasteiger charge is 2.38. The number of hydrogen-bond donors (Lipinski definition) is 1. The van der Waals surface area contributed by atoms with Gasteiger partial charge < -0.3 is 10.0 Å². The lowest BCUT2D eigenvalue weighted by molar-refractivity contribution is -0.142. The Bertz CT molecular complexity index is 693. The van der Waals surface area contributed by atoms with Gasteiger partial charge in [0.05, 0.1) is 17.3 Å². The second kappa shape index (κ2) is 5.48. The van der Waals surface area contributed by atoms with Crippen LogP contribution in [0, 0.1) is 12.8 Å². The van der Waals surface area contributed by atoms with Crippen molar-refractivity contribution in [2.75, 3.05) is 11.4 Å². The zero-order valence-electron chi connectivity index (χ0n) is 13.2. The molecule has 0 radical (unpaired) electrons. The van der Waals surface area contributed by atoms with Gasteiger partial charge in [0.1, 0.15) is 5.82 Å². The summed E-state index contributed by atoms with van der Waals surface area (Å²) in [6.07, 6.45) is 0.543. The van der Waals surface area contributed by atoms with Crippen molar-refractivity contribution in [2.24, 2.45) is 5.92 Å². The van der Waals surface area contributed by atoms with Crippen molar-refractivity contribution >= 4 is 11.8 Å². The van der Waals surface area contributed by atoms with Gasteiger partial charge in [-0.05, 0) is 39.3 Å². The first-order valence-electron chi connectivity index (χ1n) is 7.68. The molecule has 0 spiro atoms. The van der Waals surface area contributed by atoms with Crippen molar-refractivity contribution < 1.29 is 9.90 Å². The number of rotatable bonds is 3. The summed E-state index contributed by atoms with van der Waals surface area (Å²) in [6.45, 7) is 6.77. The van der Waals surface area contributed by atoms with E-state index < -0.39 is 5.97 Å². The predicted octanol–water partition coefficient (Wildman–Crippen LogP) is 2.65. The zero-order chi connectivity index (χ0) is 15.9. The summed E-state index contributed by atoms with van der Waals surface area (Å²) in [5.74, 6) is -0.0840. The molecule has 0 saturated carbocycles. The third kappa shape index (κ3) is 2.17. The molecule has 5 nitrogen and oxygen atoms in total. The van der Waals surface area contributed by atoms with Crippen molar-refractivity contribution in [3.05, 3.63) is 41.6 Å². The van der Waals surface area contributed by atoms with Crippen LogP contribution in [0.25, 0.3) is 5.69 Å². The molecule has 0 bridgehead atoms. The van der Waals surface area contributed by atoms with Gasteiger partial charge in [-0.2, -0.15) is 5.10 Å². The minimum atomic E-state index is -0.733. The number of hydrogen-bond acceptors (Lipinski definition) is 3. The molecule has 2 atom stereocenters. The molecule has 5 heteroatoms. The van der Waals surface area contributed by atoms with Gasteiger partial charge in [-0.25, -0.2) is 4.68 Å². The van der Waals surface area contributed by atoms with Gasteiger partial charge in [0.2, 0.25) is 0 Å². The summed E-state index contributed by atoms with van der Waals surface area (Å²) in [7, 11) is 0. The molecule has 1 aromatic heterocycles. The average molecular weight is 299 g/mol. The maximum atomic E-state index is 11.6. The van der Waals surface area contributed by atoms with Crippen molar-refractivity contribution in [1.29, 1.82) is 0 Å². The van der Waals surface area contributed by atoms with Crippen LogP contribution in [0.3, 0.4) is 0 Å². The van der Waals surface area contributed by atoms with Crippen molar-refractivity contribution in [2.45, 2.75) is 33.2 Å². The summed E-state index contributed by atoms with van der Waals surface area (Å²) in [5.41, 5.74) is 2.97. The first kappa shape index (κ1) is 14.6. The van der Waals surface area contributed by atoms with E-state index in [-0.39, 0.29) is 12.0 Å². The highest BCUT2D eigenvalue weighted by Crippen LogP contribution is 2.37. The number of aryl methyl sites for hydroxylation is 1. The van der Waals surface area contributed by atoms with E-state index in [0.29, 0.717) is 6.42 Å². The van der Waals surface area contributed by atoms with E-state index in [1.54, 1.807) is 0 Å². The summed E-state index contributed by atoms with van der Waals surface area (Å²) < 4.78 is 1.95. The lowest BCUT2D eigenvalue weighted by atomic mass is 9.88. The van der Waals surface area contributed by atoms with Gasteiger partial charge in [-0.15, -0.1) is 0 Å². The van der Waals surface area contributed by atoms with Crippen LogP contribution >= 0.6 is 0 Å². The number of aliphatic carboxylic acids is 1. The van der Waals surface area contributed by atoms with Crippen LogP contribution < -0.4 is 4.90 Å². The number of carbonyl (C=O) groups is 1. The molecule has 22 heavy (non-hydrogen) atoms. The summed E-state index contributed by atoms with van der Waals surface area (Å²) in [5, 5.41) is 14.2. The standard InChI is InChI=1S/C17H21N3O2/c1-4-19-12(3)15(17(21)22)10-14-11(2)18-20(16(14)19)13-8-6-5-7-9-13/h5-9,12,15H,4,10H2,1-3H3,(H,21,22). The van der Waals surface area contributed by atoms with Gasteiger partial charge in [0, 0.05) is 18.2 Å². The van der Waals surface area contributed by atoms with Gasteiger partial charge in [0.25, 0.3) is 0 Å². The Hall–Kier alpha value is -2.30. The summed E-state index contributed by atoms with van der Waals surface area (Å²) in [6, 6.07) is 9.95. The SMILES string of the molecule is CCN1c2c(c(C)nn2-c2ccccc2)CC(C(=O)O)C1C. The molecule has 1 aliphatic heterocycles. The van der Waals surface area contributed by atoms with Crippen molar-refractivity contribution in [1.82, 2.24) is 9.78 Å². The Kier molecular flexibility index (Phi) is 3.64. The van der Waals surface area contributed by atoms with Crippen LogP contribution in [0.4, 0.5) is 5.82 Å². The molecule has 1 aliphatic rings. The quantitative estimate of drug-likeness (QED) is 0.946. The molecule has 2 heterocycles. The predicted molar refractivity (Wildman–Crippen MR) is 85.6 cm³/mol. The molecule has 0 fully saturated rings. The molecule has 0 aliphatic carbocycles. The Labute approximate surface area is 130 Å². The van der Waals surface area contributed by atoms with Crippen molar-refractivity contribution in [3.8, 4) is 5.69 Å². The van der Waals surface area contributed by atoms with Gasteiger partial charge in [-0.3, -0.25) is 4.79 Å². The minimum Gasteiger partial charge on any atom is -0.481 e. The largest absolute Gasteiger partial charge is 0.481 e. The van der Waals surface area contributed by atoms with E-state index in [1.807, 2.05) is 48.9 Å². The number of para-hydroxylation sites is 1. The first-order valence-corrected chi connectivity index (χ1v) is 7.68. The van der Waals surface area contributed by atoms with E-state index >= 15 is 0 Å². The molecular formula is C17H21N3O2. The second-order valence-electron chi connectivity index (χ2n) is 5.81. The van der Waals surface area contributed by atoms with Crippen molar-refractivity contribution in [3.63, 3.8) is 0 Å². The van der Waals surface area contributed by atoms with Crippen LogP contribution in [0.2, 0.25) is 0 Å². The average Bonchev–Trinajstić information content (AvgIpc) is 2.84. The summed E-state index contributed by atoms with van der Waals surface area (Å²) in [4.78, 5) is 13.7. The van der Waals surface area contributed by atoms with Gasteiger partial charge in [-0.1, -0.05) is 18.2 Å². The van der Waals surface area contributed by atoms with E-state index in [2.05, 4.69) is 16.9 Å². The van der Waals surface area contributed by atoms with Crippen LogP contribution in [0.15, 0.2) is 30.3 Å². The highest BCUT2D eigenvalue weighted by atomic mass is 16.4. The van der Waals surface area contributed by atoms with Crippen LogP contribution in [-0.4, -0.2) is 33.4 Å². The smallest absolute Gasteiger partial charge is 0.308 e. The second-order valence-corrected chi connectivity index (χ2v) is 5.81. The molecular weight excluding hydrogens is 278 g/mol. The number of nitrogens with zero attached hydrogens (tertiary/aromatic N) is 3. The number of fused-ring (bicyclic) bond motifs is 1. The third-order valence-corrected chi connectivity index (χ3v) is 4.59. The van der Waals surface area contributed by atoms with Gasteiger partial charge >= 0.3 is 5.97 Å². The fourth-order valence-electron chi connectivity index (χ4n) is 3.36.